The third kappa shape index (κ3) is 2.99. The van der Waals surface area contributed by atoms with E-state index < -0.39 is 0 Å². The van der Waals surface area contributed by atoms with Gasteiger partial charge in [0.05, 0.1) is 9.75 Å². The van der Waals surface area contributed by atoms with Crippen molar-refractivity contribution in [3.63, 3.8) is 0 Å². The van der Waals surface area contributed by atoms with Crippen LogP contribution in [0.2, 0.25) is 0 Å². The lowest BCUT2D eigenvalue weighted by Crippen LogP contribution is -2.05. The van der Waals surface area contributed by atoms with Crippen LogP contribution in [-0.4, -0.2) is 19.9 Å². The molecule has 14 heavy (non-hydrogen) atoms. The first kappa shape index (κ1) is 11.0. The molecule has 0 amide bonds. The van der Waals surface area contributed by atoms with Crippen molar-refractivity contribution < 1.29 is 4.79 Å². The molecule has 0 fully saturated rings. The number of aryl methyl sites for hydroxylation is 1. The topological polar surface area (TPSA) is 29.1 Å². The van der Waals surface area contributed by atoms with Gasteiger partial charge in [0.1, 0.15) is 0 Å². The number of thiophene rings is 1. The normalized spacial score (nSPS) is 9.29. The van der Waals surface area contributed by atoms with Crippen LogP contribution in [0.1, 0.15) is 26.5 Å². The first-order valence-corrected chi connectivity index (χ1v) is 5.28. The number of carbonyl (C=O) groups excluding carboxylic acids is 1. The van der Waals surface area contributed by atoms with Gasteiger partial charge in [-0.1, -0.05) is 11.8 Å². The zero-order valence-corrected chi connectivity index (χ0v) is 9.20. The Balaban J connectivity index is 2.68. The van der Waals surface area contributed by atoms with Gasteiger partial charge in [-0.15, -0.1) is 11.3 Å². The highest BCUT2D eigenvalue weighted by atomic mass is 32.1. The molecule has 0 spiro atoms. The molecule has 0 aliphatic carbocycles. The highest BCUT2D eigenvalue weighted by molar-refractivity contribution is 7.14. The van der Waals surface area contributed by atoms with Crippen LogP contribution in [0.3, 0.4) is 0 Å². The molecule has 0 bridgehead atoms. The Hall–Kier alpha value is -1.11. The van der Waals surface area contributed by atoms with Crippen molar-refractivity contribution in [2.75, 3.05) is 13.6 Å². The smallest absolute Gasteiger partial charge is 0.160 e. The van der Waals surface area contributed by atoms with E-state index in [1.165, 1.54) is 11.3 Å². The quantitative estimate of drug-likeness (QED) is 0.465. The Labute approximate surface area is 88.3 Å². The van der Waals surface area contributed by atoms with Gasteiger partial charge in [-0.25, -0.2) is 0 Å². The number of hydrogen-bond acceptors (Lipinski definition) is 3. The molecule has 1 heterocycles. The van der Waals surface area contributed by atoms with Crippen molar-refractivity contribution in [1.29, 1.82) is 0 Å². The number of aldehydes is 1. The fourth-order valence-electron chi connectivity index (χ4n) is 1.02. The Morgan fingerprint density at radius 3 is 3.00 bits per heavy atom. The predicted molar refractivity (Wildman–Crippen MR) is 59.9 cm³/mol. The maximum Gasteiger partial charge on any atom is 0.160 e. The first-order valence-electron chi connectivity index (χ1n) is 4.47. The van der Waals surface area contributed by atoms with Crippen molar-refractivity contribution in [3.8, 4) is 11.8 Å². The van der Waals surface area contributed by atoms with Gasteiger partial charge in [0.15, 0.2) is 6.29 Å². The predicted octanol–water partition coefficient (Wildman–Crippen LogP) is 1.83. The van der Waals surface area contributed by atoms with Gasteiger partial charge in [-0.3, -0.25) is 4.79 Å². The number of carbonyl (C=O) groups is 1. The van der Waals surface area contributed by atoms with E-state index in [4.69, 9.17) is 0 Å². The second-order valence-corrected chi connectivity index (χ2v) is 4.02. The van der Waals surface area contributed by atoms with Crippen LogP contribution in [-0.2, 0) is 0 Å². The van der Waals surface area contributed by atoms with Crippen LogP contribution in [0.5, 0.6) is 0 Å². The minimum Gasteiger partial charge on any atom is -0.319 e. The van der Waals surface area contributed by atoms with Gasteiger partial charge < -0.3 is 5.32 Å². The molecule has 2 nitrogen and oxygen atoms in total. The van der Waals surface area contributed by atoms with Gasteiger partial charge >= 0.3 is 0 Å². The summed E-state index contributed by atoms with van der Waals surface area (Å²) in [5.74, 6) is 6.13. The third-order valence-electron chi connectivity index (χ3n) is 1.75. The molecule has 0 saturated carbocycles. The van der Waals surface area contributed by atoms with Gasteiger partial charge in [0.25, 0.3) is 0 Å². The summed E-state index contributed by atoms with van der Waals surface area (Å²) in [4.78, 5) is 12.3. The minimum absolute atomic E-state index is 0.750. The average Bonchev–Trinajstić information content (AvgIpc) is 2.54. The fraction of sp³-hybridized carbons (Fsp3) is 0.364. The van der Waals surface area contributed by atoms with E-state index in [2.05, 4.69) is 17.2 Å². The lowest BCUT2D eigenvalue weighted by atomic mass is 10.2. The van der Waals surface area contributed by atoms with E-state index >= 15 is 0 Å². The Bertz CT molecular complexity index is 370. The summed E-state index contributed by atoms with van der Waals surface area (Å²) in [5, 5.41) is 3.03. The molecular formula is C11H13NOS. The molecular weight excluding hydrogens is 194 g/mol. The van der Waals surface area contributed by atoms with Crippen LogP contribution in [0.15, 0.2) is 6.07 Å². The van der Waals surface area contributed by atoms with Crippen LogP contribution in [0, 0.1) is 18.8 Å². The maximum atomic E-state index is 10.5. The number of hydrogen-bond donors (Lipinski definition) is 1. The molecule has 0 unspecified atom stereocenters. The number of nitrogens with one attached hydrogen (secondary N) is 1. The molecule has 0 aromatic carbocycles. The highest BCUT2D eigenvalue weighted by Gasteiger charge is 2.00. The van der Waals surface area contributed by atoms with E-state index in [-0.39, 0.29) is 0 Å². The summed E-state index contributed by atoms with van der Waals surface area (Å²) in [5.41, 5.74) is 1.09. The zero-order valence-electron chi connectivity index (χ0n) is 8.39. The summed E-state index contributed by atoms with van der Waals surface area (Å²) in [6.45, 7) is 2.88. The molecule has 74 valence electrons. The first-order chi connectivity index (χ1) is 6.77. The summed E-state index contributed by atoms with van der Waals surface area (Å²) < 4.78 is 0. The van der Waals surface area contributed by atoms with E-state index in [9.17, 15) is 4.79 Å². The van der Waals surface area contributed by atoms with Crippen molar-refractivity contribution in [2.24, 2.45) is 0 Å². The molecule has 1 rings (SSSR count). The highest BCUT2D eigenvalue weighted by Crippen LogP contribution is 2.18. The van der Waals surface area contributed by atoms with Crippen molar-refractivity contribution in [3.05, 3.63) is 21.4 Å². The van der Waals surface area contributed by atoms with E-state index in [1.54, 1.807) is 0 Å². The summed E-state index contributed by atoms with van der Waals surface area (Å²) in [7, 11) is 1.91. The van der Waals surface area contributed by atoms with Crippen molar-refractivity contribution in [1.82, 2.24) is 5.32 Å². The molecule has 1 aromatic rings. The second-order valence-electron chi connectivity index (χ2n) is 2.93. The monoisotopic (exact) mass is 207 g/mol. The zero-order chi connectivity index (χ0) is 10.4. The van der Waals surface area contributed by atoms with E-state index in [0.717, 1.165) is 34.6 Å². The molecule has 0 radical (unpaired) electrons. The summed E-state index contributed by atoms with van der Waals surface area (Å²) in [6.07, 6.45) is 1.71. The fourth-order valence-corrected chi connectivity index (χ4v) is 1.88. The minimum atomic E-state index is 0.750. The van der Waals surface area contributed by atoms with Gasteiger partial charge in [0.2, 0.25) is 0 Å². The number of rotatable bonds is 3. The largest absolute Gasteiger partial charge is 0.319 e. The molecule has 1 N–H and O–H groups in total. The van der Waals surface area contributed by atoms with E-state index in [1.807, 2.05) is 20.0 Å². The molecule has 3 heteroatoms. The summed E-state index contributed by atoms with van der Waals surface area (Å²) in [6, 6.07) is 1.87. The average molecular weight is 207 g/mol. The van der Waals surface area contributed by atoms with Gasteiger partial charge in [-0.2, -0.15) is 0 Å². The van der Waals surface area contributed by atoms with Crippen LogP contribution in [0.25, 0.3) is 0 Å². The molecule has 0 atom stereocenters. The van der Waals surface area contributed by atoms with Crippen LogP contribution < -0.4 is 5.32 Å². The maximum absolute atomic E-state index is 10.5. The van der Waals surface area contributed by atoms with Crippen molar-refractivity contribution in [2.45, 2.75) is 13.3 Å². The lowest BCUT2D eigenvalue weighted by molar-refractivity contribution is 0.112. The van der Waals surface area contributed by atoms with Gasteiger partial charge in [-0.05, 0) is 25.6 Å². The third-order valence-corrected chi connectivity index (χ3v) is 2.83. The van der Waals surface area contributed by atoms with Crippen LogP contribution >= 0.6 is 11.3 Å². The second kappa shape index (κ2) is 5.58. The molecule has 1 aromatic heterocycles. The van der Waals surface area contributed by atoms with E-state index in [0.29, 0.717) is 0 Å². The SMILES string of the molecule is CNCCC#Cc1sc(C=O)cc1C. The van der Waals surface area contributed by atoms with Gasteiger partial charge in [0, 0.05) is 13.0 Å². The summed E-state index contributed by atoms with van der Waals surface area (Å²) >= 11 is 1.46. The molecule has 0 aliphatic rings. The lowest BCUT2D eigenvalue weighted by Gasteiger charge is -1.87. The standard InChI is InChI=1S/C11H13NOS/c1-9-7-10(8-13)14-11(9)5-3-4-6-12-2/h7-8,12H,4,6H2,1-2H3. The Morgan fingerprint density at radius 1 is 1.64 bits per heavy atom. The Kier molecular flexibility index (Phi) is 4.37. The Morgan fingerprint density at radius 2 is 2.43 bits per heavy atom. The van der Waals surface area contributed by atoms with Crippen molar-refractivity contribution >= 4 is 17.6 Å². The molecule has 0 saturated heterocycles. The van der Waals surface area contributed by atoms with Crippen LogP contribution in [0.4, 0.5) is 0 Å². The molecule has 0 aliphatic heterocycles.